The summed E-state index contributed by atoms with van der Waals surface area (Å²) in [6.45, 7) is 2.02. The molecule has 1 atom stereocenters. The van der Waals surface area contributed by atoms with E-state index in [1.807, 2.05) is 31.2 Å². The van der Waals surface area contributed by atoms with Gasteiger partial charge in [0.2, 0.25) is 0 Å². The Bertz CT molecular complexity index is 427. The van der Waals surface area contributed by atoms with Gasteiger partial charge in [-0.05, 0) is 43.4 Å². The lowest BCUT2D eigenvalue weighted by atomic mass is 10.0. The standard InChI is InChI=1S/C11H13N3OS/c1-7-10(13-14-11(16)12-7)8-3-5-9(15-2)6-4-8/h3-7H,1-2H3,(H2,12,14,16). The highest BCUT2D eigenvalue weighted by molar-refractivity contribution is 7.80. The first-order chi connectivity index (χ1) is 7.70. The lowest BCUT2D eigenvalue weighted by Crippen LogP contribution is -2.48. The highest BCUT2D eigenvalue weighted by Crippen LogP contribution is 2.14. The van der Waals surface area contributed by atoms with E-state index in [0.717, 1.165) is 17.0 Å². The zero-order valence-electron chi connectivity index (χ0n) is 9.15. The summed E-state index contributed by atoms with van der Waals surface area (Å²) in [7, 11) is 1.65. The Kier molecular flexibility index (Phi) is 3.05. The summed E-state index contributed by atoms with van der Waals surface area (Å²) in [5.41, 5.74) is 4.76. The summed E-state index contributed by atoms with van der Waals surface area (Å²) in [6, 6.07) is 7.90. The van der Waals surface area contributed by atoms with E-state index in [9.17, 15) is 0 Å². The summed E-state index contributed by atoms with van der Waals surface area (Å²) in [4.78, 5) is 0. The molecule has 1 unspecified atom stereocenters. The predicted molar refractivity (Wildman–Crippen MR) is 67.9 cm³/mol. The molecular formula is C11H13N3OS. The van der Waals surface area contributed by atoms with Gasteiger partial charge in [-0.3, -0.25) is 5.43 Å². The number of rotatable bonds is 2. The Balaban J connectivity index is 2.26. The number of nitrogens with one attached hydrogen (secondary N) is 2. The van der Waals surface area contributed by atoms with Crippen LogP contribution in [0, 0.1) is 0 Å². The van der Waals surface area contributed by atoms with Crippen molar-refractivity contribution >= 4 is 23.0 Å². The summed E-state index contributed by atoms with van der Waals surface area (Å²) in [6.07, 6.45) is 0. The Labute approximate surface area is 99.7 Å². The first-order valence-electron chi connectivity index (χ1n) is 4.99. The topological polar surface area (TPSA) is 45.6 Å². The van der Waals surface area contributed by atoms with Crippen LogP contribution in [0.5, 0.6) is 5.75 Å². The Morgan fingerprint density at radius 3 is 2.56 bits per heavy atom. The molecule has 0 amide bonds. The van der Waals surface area contributed by atoms with Crippen molar-refractivity contribution in [2.45, 2.75) is 13.0 Å². The molecule has 0 fully saturated rings. The summed E-state index contributed by atoms with van der Waals surface area (Å²) in [5, 5.41) is 7.91. The third-order valence-electron chi connectivity index (χ3n) is 2.42. The summed E-state index contributed by atoms with van der Waals surface area (Å²) >= 11 is 4.98. The van der Waals surface area contributed by atoms with Crippen molar-refractivity contribution < 1.29 is 4.74 Å². The van der Waals surface area contributed by atoms with E-state index < -0.39 is 0 Å². The van der Waals surface area contributed by atoms with E-state index >= 15 is 0 Å². The van der Waals surface area contributed by atoms with Gasteiger partial charge in [0.1, 0.15) is 5.75 Å². The van der Waals surface area contributed by atoms with Gasteiger partial charge in [-0.15, -0.1) is 0 Å². The van der Waals surface area contributed by atoms with E-state index in [1.165, 1.54) is 0 Å². The minimum atomic E-state index is 0.113. The number of nitrogens with zero attached hydrogens (tertiary/aromatic N) is 1. The second kappa shape index (κ2) is 4.49. The lowest BCUT2D eigenvalue weighted by molar-refractivity contribution is 0.415. The third kappa shape index (κ3) is 2.14. The molecule has 5 heteroatoms. The molecule has 0 bridgehead atoms. The molecule has 0 aliphatic carbocycles. The first-order valence-corrected chi connectivity index (χ1v) is 5.40. The number of hydrogen-bond acceptors (Lipinski definition) is 3. The Morgan fingerprint density at radius 2 is 2.00 bits per heavy atom. The van der Waals surface area contributed by atoms with Crippen LogP contribution in [0.3, 0.4) is 0 Å². The molecule has 1 aromatic carbocycles. The van der Waals surface area contributed by atoms with E-state index in [0.29, 0.717) is 5.11 Å². The molecule has 1 heterocycles. The summed E-state index contributed by atoms with van der Waals surface area (Å²) in [5.74, 6) is 0.837. The number of benzene rings is 1. The molecule has 1 aliphatic rings. The monoisotopic (exact) mass is 235 g/mol. The van der Waals surface area contributed by atoms with Crippen LogP contribution < -0.4 is 15.5 Å². The largest absolute Gasteiger partial charge is 0.497 e. The van der Waals surface area contributed by atoms with Gasteiger partial charge in [0, 0.05) is 5.56 Å². The maximum absolute atomic E-state index is 5.11. The molecule has 0 saturated carbocycles. The first kappa shape index (κ1) is 10.9. The molecule has 0 spiro atoms. The SMILES string of the molecule is COc1ccc(C2=NNC(=S)NC2C)cc1. The van der Waals surface area contributed by atoms with Crippen molar-refractivity contribution in [2.24, 2.45) is 5.10 Å². The molecule has 4 nitrogen and oxygen atoms in total. The van der Waals surface area contributed by atoms with Crippen LogP contribution in [0.4, 0.5) is 0 Å². The fourth-order valence-corrected chi connectivity index (χ4v) is 1.80. The van der Waals surface area contributed by atoms with Crippen LogP contribution in [-0.4, -0.2) is 24.0 Å². The number of hydrazone groups is 1. The lowest BCUT2D eigenvalue weighted by Gasteiger charge is -2.23. The Hall–Kier alpha value is -1.62. The molecule has 1 aromatic rings. The van der Waals surface area contributed by atoms with Gasteiger partial charge in [0.05, 0.1) is 18.9 Å². The molecule has 0 aromatic heterocycles. The van der Waals surface area contributed by atoms with E-state index in [2.05, 4.69) is 15.8 Å². The van der Waals surface area contributed by atoms with E-state index in [-0.39, 0.29) is 6.04 Å². The minimum Gasteiger partial charge on any atom is -0.497 e. The van der Waals surface area contributed by atoms with Gasteiger partial charge in [0.15, 0.2) is 5.11 Å². The van der Waals surface area contributed by atoms with Crippen LogP contribution in [-0.2, 0) is 0 Å². The quantitative estimate of drug-likeness (QED) is 0.758. The van der Waals surface area contributed by atoms with Gasteiger partial charge in [-0.25, -0.2) is 0 Å². The fraction of sp³-hybridized carbons (Fsp3) is 0.273. The number of ether oxygens (including phenoxy) is 1. The van der Waals surface area contributed by atoms with Crippen molar-refractivity contribution in [2.75, 3.05) is 7.11 Å². The average molecular weight is 235 g/mol. The zero-order valence-corrected chi connectivity index (χ0v) is 9.97. The van der Waals surface area contributed by atoms with Crippen LogP contribution in [0.1, 0.15) is 12.5 Å². The van der Waals surface area contributed by atoms with Crippen LogP contribution in [0.25, 0.3) is 0 Å². The fourth-order valence-electron chi connectivity index (χ4n) is 1.58. The number of hydrogen-bond donors (Lipinski definition) is 2. The maximum atomic E-state index is 5.11. The second-order valence-corrected chi connectivity index (χ2v) is 3.94. The normalized spacial score (nSPS) is 19.5. The predicted octanol–water partition coefficient (Wildman–Crippen LogP) is 1.27. The van der Waals surface area contributed by atoms with Crippen molar-refractivity contribution in [3.8, 4) is 5.75 Å². The molecule has 16 heavy (non-hydrogen) atoms. The molecule has 0 saturated heterocycles. The summed E-state index contributed by atoms with van der Waals surface area (Å²) < 4.78 is 5.11. The van der Waals surface area contributed by atoms with E-state index in [1.54, 1.807) is 7.11 Å². The zero-order chi connectivity index (χ0) is 11.5. The van der Waals surface area contributed by atoms with Gasteiger partial charge in [-0.2, -0.15) is 5.10 Å². The van der Waals surface area contributed by atoms with Crippen molar-refractivity contribution in [3.05, 3.63) is 29.8 Å². The highest BCUT2D eigenvalue weighted by Gasteiger charge is 2.18. The molecular weight excluding hydrogens is 222 g/mol. The van der Waals surface area contributed by atoms with Crippen LogP contribution in [0.2, 0.25) is 0 Å². The van der Waals surface area contributed by atoms with Crippen molar-refractivity contribution in [1.29, 1.82) is 0 Å². The Morgan fingerprint density at radius 1 is 1.31 bits per heavy atom. The smallest absolute Gasteiger partial charge is 0.187 e. The van der Waals surface area contributed by atoms with Gasteiger partial charge in [-0.1, -0.05) is 0 Å². The van der Waals surface area contributed by atoms with Crippen LogP contribution >= 0.6 is 12.2 Å². The molecule has 84 valence electrons. The van der Waals surface area contributed by atoms with Crippen molar-refractivity contribution in [1.82, 2.24) is 10.7 Å². The van der Waals surface area contributed by atoms with Gasteiger partial charge in [0.25, 0.3) is 0 Å². The highest BCUT2D eigenvalue weighted by atomic mass is 32.1. The van der Waals surface area contributed by atoms with Gasteiger partial charge < -0.3 is 10.1 Å². The maximum Gasteiger partial charge on any atom is 0.187 e. The minimum absolute atomic E-state index is 0.113. The average Bonchev–Trinajstić information content (AvgIpc) is 2.29. The van der Waals surface area contributed by atoms with Crippen LogP contribution in [0.15, 0.2) is 29.4 Å². The second-order valence-electron chi connectivity index (χ2n) is 3.53. The molecule has 1 aliphatic heterocycles. The molecule has 0 radical (unpaired) electrons. The third-order valence-corrected chi connectivity index (χ3v) is 2.63. The molecule has 2 N–H and O–H groups in total. The number of methoxy groups -OCH3 is 1. The van der Waals surface area contributed by atoms with Crippen molar-refractivity contribution in [3.63, 3.8) is 0 Å². The van der Waals surface area contributed by atoms with E-state index in [4.69, 9.17) is 17.0 Å². The number of thiocarbonyl (C=S) groups is 1. The van der Waals surface area contributed by atoms with Gasteiger partial charge >= 0.3 is 0 Å². The molecule has 2 rings (SSSR count).